The molecular formula is C17H20N2O3. The lowest BCUT2D eigenvalue weighted by atomic mass is 10.1. The van der Waals surface area contributed by atoms with Gasteiger partial charge in [-0.15, -0.1) is 0 Å². The fraction of sp³-hybridized carbons (Fsp3) is 0.235. The van der Waals surface area contributed by atoms with Crippen molar-refractivity contribution in [3.8, 4) is 11.5 Å². The van der Waals surface area contributed by atoms with Crippen molar-refractivity contribution in [3.05, 3.63) is 54.1 Å². The summed E-state index contributed by atoms with van der Waals surface area (Å²) in [5, 5.41) is 5.60. The van der Waals surface area contributed by atoms with Crippen molar-refractivity contribution in [1.29, 1.82) is 0 Å². The lowest BCUT2D eigenvalue weighted by Crippen LogP contribution is -2.30. The van der Waals surface area contributed by atoms with Gasteiger partial charge in [-0.25, -0.2) is 4.79 Å². The third-order valence-electron chi connectivity index (χ3n) is 3.18. The summed E-state index contributed by atoms with van der Waals surface area (Å²) in [5.74, 6) is 1.57. The molecule has 0 fully saturated rings. The van der Waals surface area contributed by atoms with E-state index < -0.39 is 0 Å². The van der Waals surface area contributed by atoms with Crippen LogP contribution in [-0.2, 0) is 6.42 Å². The van der Waals surface area contributed by atoms with E-state index >= 15 is 0 Å². The van der Waals surface area contributed by atoms with E-state index in [0.717, 1.165) is 29.2 Å². The molecule has 2 aromatic carbocycles. The number of methoxy groups -OCH3 is 2. The van der Waals surface area contributed by atoms with Gasteiger partial charge in [0.25, 0.3) is 0 Å². The second kappa shape index (κ2) is 7.93. The van der Waals surface area contributed by atoms with Crippen LogP contribution in [0.1, 0.15) is 5.56 Å². The number of hydrogen-bond acceptors (Lipinski definition) is 3. The first-order valence-electron chi connectivity index (χ1n) is 7.03. The van der Waals surface area contributed by atoms with Crippen LogP contribution in [-0.4, -0.2) is 26.8 Å². The van der Waals surface area contributed by atoms with Gasteiger partial charge in [0, 0.05) is 12.2 Å². The largest absolute Gasteiger partial charge is 0.497 e. The van der Waals surface area contributed by atoms with Gasteiger partial charge in [-0.05, 0) is 48.4 Å². The molecule has 2 aromatic rings. The summed E-state index contributed by atoms with van der Waals surface area (Å²) in [6, 6.07) is 14.7. The Labute approximate surface area is 130 Å². The van der Waals surface area contributed by atoms with Crippen molar-refractivity contribution >= 4 is 11.7 Å². The molecule has 2 N–H and O–H groups in total. The second-order valence-corrected chi connectivity index (χ2v) is 4.71. The van der Waals surface area contributed by atoms with Crippen LogP contribution in [0.5, 0.6) is 11.5 Å². The Balaban J connectivity index is 1.77. The molecule has 2 rings (SSSR count). The predicted octanol–water partition coefficient (Wildman–Crippen LogP) is 3.07. The normalized spacial score (nSPS) is 9.91. The average Bonchev–Trinajstić information content (AvgIpc) is 2.56. The van der Waals surface area contributed by atoms with Crippen molar-refractivity contribution in [2.75, 3.05) is 26.1 Å². The Morgan fingerprint density at radius 2 is 1.73 bits per heavy atom. The predicted molar refractivity (Wildman–Crippen MR) is 86.7 cm³/mol. The minimum Gasteiger partial charge on any atom is -0.497 e. The quantitative estimate of drug-likeness (QED) is 0.862. The van der Waals surface area contributed by atoms with E-state index in [9.17, 15) is 4.79 Å². The zero-order chi connectivity index (χ0) is 15.8. The molecule has 22 heavy (non-hydrogen) atoms. The number of rotatable bonds is 6. The van der Waals surface area contributed by atoms with E-state index in [1.165, 1.54) is 0 Å². The third kappa shape index (κ3) is 4.70. The van der Waals surface area contributed by atoms with Gasteiger partial charge in [0.15, 0.2) is 0 Å². The summed E-state index contributed by atoms with van der Waals surface area (Å²) >= 11 is 0. The molecule has 0 bridgehead atoms. The van der Waals surface area contributed by atoms with Gasteiger partial charge in [-0.2, -0.15) is 0 Å². The first-order valence-corrected chi connectivity index (χ1v) is 7.03. The first kappa shape index (κ1) is 15.7. The molecule has 0 aliphatic heterocycles. The Kier molecular flexibility index (Phi) is 5.65. The van der Waals surface area contributed by atoms with Gasteiger partial charge < -0.3 is 20.1 Å². The average molecular weight is 300 g/mol. The summed E-state index contributed by atoms with van der Waals surface area (Å²) in [4.78, 5) is 11.8. The fourth-order valence-electron chi connectivity index (χ4n) is 2.00. The zero-order valence-corrected chi connectivity index (χ0v) is 12.8. The van der Waals surface area contributed by atoms with Crippen molar-refractivity contribution in [2.24, 2.45) is 0 Å². The number of ether oxygens (including phenoxy) is 2. The Bertz CT molecular complexity index is 612. The number of urea groups is 1. The van der Waals surface area contributed by atoms with Crippen LogP contribution >= 0.6 is 0 Å². The second-order valence-electron chi connectivity index (χ2n) is 4.71. The van der Waals surface area contributed by atoms with Crippen molar-refractivity contribution in [1.82, 2.24) is 5.32 Å². The van der Waals surface area contributed by atoms with Gasteiger partial charge in [0.05, 0.1) is 14.2 Å². The van der Waals surface area contributed by atoms with Crippen LogP contribution in [0.4, 0.5) is 10.5 Å². The highest BCUT2D eigenvalue weighted by Gasteiger charge is 2.02. The third-order valence-corrected chi connectivity index (χ3v) is 3.18. The SMILES string of the molecule is COc1ccc(NC(=O)NCCc2cccc(OC)c2)cc1. The molecule has 0 saturated carbocycles. The van der Waals surface area contributed by atoms with Crippen LogP contribution in [0.15, 0.2) is 48.5 Å². The van der Waals surface area contributed by atoms with E-state index in [1.54, 1.807) is 38.5 Å². The number of nitrogens with one attached hydrogen (secondary N) is 2. The van der Waals surface area contributed by atoms with Crippen LogP contribution in [0.2, 0.25) is 0 Å². The van der Waals surface area contributed by atoms with Crippen molar-refractivity contribution < 1.29 is 14.3 Å². The Morgan fingerprint density at radius 3 is 2.41 bits per heavy atom. The van der Waals surface area contributed by atoms with E-state index in [2.05, 4.69) is 10.6 Å². The zero-order valence-electron chi connectivity index (χ0n) is 12.8. The fourth-order valence-corrected chi connectivity index (χ4v) is 2.00. The summed E-state index contributed by atoms with van der Waals surface area (Å²) in [6.45, 7) is 0.551. The van der Waals surface area contributed by atoms with Crippen molar-refractivity contribution in [2.45, 2.75) is 6.42 Å². The molecule has 0 spiro atoms. The lowest BCUT2D eigenvalue weighted by Gasteiger charge is -2.09. The molecule has 0 aliphatic rings. The standard InChI is InChI=1S/C17H20N2O3/c1-21-15-8-6-14(7-9-15)19-17(20)18-11-10-13-4-3-5-16(12-13)22-2/h3-9,12H,10-11H2,1-2H3,(H2,18,19,20). The van der Waals surface area contributed by atoms with Gasteiger partial charge in [0.2, 0.25) is 0 Å². The summed E-state index contributed by atoms with van der Waals surface area (Å²) in [6.07, 6.45) is 0.743. The molecule has 0 aliphatic carbocycles. The highest BCUT2D eigenvalue weighted by molar-refractivity contribution is 5.89. The van der Waals surface area contributed by atoms with Gasteiger partial charge in [0.1, 0.15) is 11.5 Å². The molecular weight excluding hydrogens is 280 g/mol. The van der Waals surface area contributed by atoms with Crippen molar-refractivity contribution in [3.63, 3.8) is 0 Å². The van der Waals surface area contributed by atoms with E-state index in [4.69, 9.17) is 9.47 Å². The molecule has 5 nitrogen and oxygen atoms in total. The molecule has 0 heterocycles. The Morgan fingerprint density at radius 1 is 1.00 bits per heavy atom. The van der Waals surface area contributed by atoms with E-state index in [1.807, 2.05) is 24.3 Å². The number of anilines is 1. The van der Waals surface area contributed by atoms with Gasteiger partial charge in [-0.3, -0.25) is 0 Å². The Hall–Kier alpha value is -2.69. The number of benzene rings is 2. The number of amides is 2. The number of hydrogen-bond donors (Lipinski definition) is 2. The number of carbonyl (C=O) groups is 1. The maximum Gasteiger partial charge on any atom is 0.319 e. The molecule has 0 atom stereocenters. The first-order chi connectivity index (χ1) is 10.7. The van der Waals surface area contributed by atoms with Crippen LogP contribution in [0.25, 0.3) is 0 Å². The van der Waals surface area contributed by atoms with Crippen LogP contribution in [0, 0.1) is 0 Å². The summed E-state index contributed by atoms with van der Waals surface area (Å²) in [5.41, 5.74) is 1.84. The maximum absolute atomic E-state index is 11.8. The minimum atomic E-state index is -0.229. The van der Waals surface area contributed by atoms with E-state index in [0.29, 0.717) is 6.54 Å². The highest BCUT2D eigenvalue weighted by Crippen LogP contribution is 2.15. The monoisotopic (exact) mass is 300 g/mol. The van der Waals surface area contributed by atoms with Gasteiger partial charge in [-0.1, -0.05) is 12.1 Å². The van der Waals surface area contributed by atoms with Crippen LogP contribution in [0.3, 0.4) is 0 Å². The smallest absolute Gasteiger partial charge is 0.319 e. The molecule has 116 valence electrons. The molecule has 0 aromatic heterocycles. The molecule has 5 heteroatoms. The summed E-state index contributed by atoms with van der Waals surface area (Å²) in [7, 11) is 3.24. The minimum absolute atomic E-state index is 0.229. The van der Waals surface area contributed by atoms with E-state index in [-0.39, 0.29) is 6.03 Å². The van der Waals surface area contributed by atoms with Crippen LogP contribution < -0.4 is 20.1 Å². The molecule has 2 amide bonds. The highest BCUT2D eigenvalue weighted by atomic mass is 16.5. The molecule has 0 saturated heterocycles. The molecule has 0 unspecified atom stereocenters. The lowest BCUT2D eigenvalue weighted by molar-refractivity contribution is 0.252. The van der Waals surface area contributed by atoms with Gasteiger partial charge >= 0.3 is 6.03 Å². The molecule has 0 radical (unpaired) electrons. The maximum atomic E-state index is 11.8. The number of carbonyl (C=O) groups excluding carboxylic acids is 1. The summed E-state index contributed by atoms with van der Waals surface area (Å²) < 4.78 is 10.2. The topological polar surface area (TPSA) is 59.6 Å².